The average molecular weight is 294 g/mol. The Balaban J connectivity index is 1.70. The lowest BCUT2D eigenvalue weighted by atomic mass is 10.2. The summed E-state index contributed by atoms with van der Waals surface area (Å²) in [6.45, 7) is 1.05. The molecule has 21 heavy (non-hydrogen) atoms. The summed E-state index contributed by atoms with van der Waals surface area (Å²) in [4.78, 5) is 24.7. The van der Waals surface area contributed by atoms with Gasteiger partial charge in [0, 0.05) is 18.8 Å². The first-order valence-corrected chi connectivity index (χ1v) is 6.77. The number of rotatable bonds is 2. The molecule has 2 aliphatic heterocycles. The molecule has 1 aromatic rings. The van der Waals surface area contributed by atoms with E-state index < -0.39 is 17.3 Å². The van der Waals surface area contributed by atoms with Crippen LogP contribution in [0, 0.1) is 5.82 Å². The van der Waals surface area contributed by atoms with Crippen LogP contribution < -0.4 is 5.32 Å². The van der Waals surface area contributed by atoms with E-state index in [2.05, 4.69) is 5.32 Å². The van der Waals surface area contributed by atoms with Gasteiger partial charge in [-0.3, -0.25) is 0 Å². The van der Waals surface area contributed by atoms with Crippen LogP contribution in [0.3, 0.4) is 0 Å². The third-order valence-corrected chi connectivity index (χ3v) is 3.78. The van der Waals surface area contributed by atoms with Crippen molar-refractivity contribution in [3.63, 3.8) is 0 Å². The summed E-state index contributed by atoms with van der Waals surface area (Å²) in [5.41, 5.74) is -0.201. The first-order valence-electron chi connectivity index (χ1n) is 6.77. The number of carboxylic acids is 1. The molecule has 112 valence electrons. The molecular formula is C14H15FN2O4. The standard InChI is InChI=1S/C14H15FN2O4/c15-12-4-1-8(5-11(12)13(18)19)16-14(20)17-6-9-2-3-10(7-17)21-9/h1,4-5,9-10H,2-3,6-7H2,(H,16,20)(H,18,19). The van der Waals surface area contributed by atoms with Crippen molar-refractivity contribution in [2.75, 3.05) is 18.4 Å². The van der Waals surface area contributed by atoms with Gasteiger partial charge >= 0.3 is 12.0 Å². The maximum Gasteiger partial charge on any atom is 0.338 e. The third kappa shape index (κ3) is 2.82. The maximum absolute atomic E-state index is 13.3. The Hall–Kier alpha value is -2.15. The molecule has 0 aromatic heterocycles. The van der Waals surface area contributed by atoms with Crippen molar-refractivity contribution in [3.8, 4) is 0 Å². The van der Waals surface area contributed by atoms with Gasteiger partial charge in [-0.1, -0.05) is 0 Å². The number of amides is 2. The zero-order valence-corrected chi connectivity index (χ0v) is 11.2. The van der Waals surface area contributed by atoms with E-state index in [-0.39, 0.29) is 23.9 Å². The van der Waals surface area contributed by atoms with Crippen molar-refractivity contribution in [1.82, 2.24) is 4.90 Å². The number of anilines is 1. The molecule has 2 aliphatic rings. The Kier molecular flexibility index (Phi) is 3.50. The third-order valence-electron chi connectivity index (χ3n) is 3.78. The van der Waals surface area contributed by atoms with Crippen molar-refractivity contribution in [2.45, 2.75) is 25.0 Å². The van der Waals surface area contributed by atoms with Gasteiger partial charge in [0.15, 0.2) is 0 Å². The lowest BCUT2D eigenvalue weighted by molar-refractivity contribution is -0.0219. The lowest BCUT2D eigenvalue weighted by Gasteiger charge is -2.32. The van der Waals surface area contributed by atoms with Crippen molar-refractivity contribution in [3.05, 3.63) is 29.6 Å². The Bertz CT molecular complexity index is 580. The smallest absolute Gasteiger partial charge is 0.338 e. The molecule has 2 N–H and O–H groups in total. The van der Waals surface area contributed by atoms with Crippen LogP contribution in [0.4, 0.5) is 14.9 Å². The number of likely N-dealkylation sites (tertiary alicyclic amines) is 1. The second-order valence-electron chi connectivity index (χ2n) is 5.29. The van der Waals surface area contributed by atoms with E-state index in [1.165, 1.54) is 6.07 Å². The molecule has 2 fully saturated rings. The van der Waals surface area contributed by atoms with E-state index in [4.69, 9.17) is 9.84 Å². The van der Waals surface area contributed by atoms with Crippen LogP contribution in [0.5, 0.6) is 0 Å². The normalized spacial score (nSPS) is 24.0. The van der Waals surface area contributed by atoms with Crippen LogP contribution in [-0.4, -0.2) is 47.3 Å². The van der Waals surface area contributed by atoms with Gasteiger partial charge in [-0.25, -0.2) is 14.0 Å². The van der Waals surface area contributed by atoms with Gasteiger partial charge in [0.1, 0.15) is 5.82 Å². The Morgan fingerprint density at radius 3 is 2.57 bits per heavy atom. The molecule has 0 radical (unpaired) electrons. The topological polar surface area (TPSA) is 78.9 Å². The number of nitrogens with zero attached hydrogens (tertiary/aromatic N) is 1. The number of halogens is 1. The molecule has 2 atom stereocenters. The highest BCUT2D eigenvalue weighted by Crippen LogP contribution is 2.26. The summed E-state index contributed by atoms with van der Waals surface area (Å²) in [6.07, 6.45) is 2.07. The molecule has 7 heteroatoms. The number of carbonyl (C=O) groups is 2. The predicted octanol–water partition coefficient (Wildman–Crippen LogP) is 1.92. The molecule has 0 aliphatic carbocycles. The quantitative estimate of drug-likeness (QED) is 0.873. The number of carboxylic acid groups (broad SMARTS) is 1. The fourth-order valence-corrected chi connectivity index (χ4v) is 2.75. The van der Waals surface area contributed by atoms with Gasteiger partial charge in [-0.15, -0.1) is 0 Å². The molecule has 2 unspecified atom stereocenters. The average Bonchev–Trinajstić information content (AvgIpc) is 2.79. The summed E-state index contributed by atoms with van der Waals surface area (Å²) in [7, 11) is 0. The number of urea groups is 1. The molecular weight excluding hydrogens is 279 g/mol. The second-order valence-corrected chi connectivity index (χ2v) is 5.29. The largest absolute Gasteiger partial charge is 0.478 e. The number of nitrogens with one attached hydrogen (secondary N) is 1. The summed E-state index contributed by atoms with van der Waals surface area (Å²) >= 11 is 0. The predicted molar refractivity (Wildman–Crippen MR) is 71.8 cm³/mol. The first-order chi connectivity index (χ1) is 10.0. The molecule has 6 nitrogen and oxygen atoms in total. The van der Waals surface area contributed by atoms with Crippen LogP contribution in [-0.2, 0) is 4.74 Å². The number of carbonyl (C=O) groups excluding carboxylic acids is 1. The Labute approximate surface area is 120 Å². The highest BCUT2D eigenvalue weighted by atomic mass is 19.1. The van der Waals surface area contributed by atoms with Gasteiger partial charge in [0.2, 0.25) is 0 Å². The van der Waals surface area contributed by atoms with Gasteiger partial charge < -0.3 is 20.1 Å². The molecule has 2 heterocycles. The van der Waals surface area contributed by atoms with E-state index in [9.17, 15) is 14.0 Å². The van der Waals surface area contributed by atoms with Crippen LogP contribution in [0.2, 0.25) is 0 Å². The van der Waals surface area contributed by atoms with Crippen molar-refractivity contribution in [1.29, 1.82) is 0 Å². The first kappa shape index (κ1) is 13.8. The second kappa shape index (κ2) is 5.33. The number of aromatic carboxylic acids is 1. The van der Waals surface area contributed by atoms with Gasteiger partial charge in [-0.2, -0.15) is 0 Å². The molecule has 3 rings (SSSR count). The minimum atomic E-state index is -1.37. The molecule has 0 spiro atoms. The minimum absolute atomic E-state index is 0.0808. The molecule has 0 saturated carbocycles. The van der Waals surface area contributed by atoms with Crippen LogP contribution in [0.1, 0.15) is 23.2 Å². The number of ether oxygens (including phenoxy) is 1. The van der Waals surface area contributed by atoms with E-state index >= 15 is 0 Å². The van der Waals surface area contributed by atoms with Crippen LogP contribution in [0.15, 0.2) is 18.2 Å². The zero-order valence-electron chi connectivity index (χ0n) is 11.2. The molecule has 1 aromatic carbocycles. The fraction of sp³-hybridized carbons (Fsp3) is 0.429. The van der Waals surface area contributed by atoms with E-state index in [0.717, 1.165) is 25.0 Å². The molecule has 2 bridgehead atoms. The minimum Gasteiger partial charge on any atom is -0.478 e. The monoisotopic (exact) mass is 294 g/mol. The number of hydrogen-bond donors (Lipinski definition) is 2. The summed E-state index contributed by atoms with van der Waals surface area (Å²) < 4.78 is 18.9. The van der Waals surface area contributed by atoms with Gasteiger partial charge in [-0.05, 0) is 31.0 Å². The highest BCUT2D eigenvalue weighted by molar-refractivity contribution is 5.93. The number of benzene rings is 1. The molecule has 2 amide bonds. The van der Waals surface area contributed by atoms with Gasteiger partial charge in [0.05, 0.1) is 17.8 Å². The SMILES string of the molecule is O=C(O)c1cc(NC(=O)N2CC3CCC(C2)O3)ccc1F. The van der Waals surface area contributed by atoms with Crippen molar-refractivity contribution >= 4 is 17.7 Å². The highest BCUT2D eigenvalue weighted by Gasteiger charge is 2.35. The Morgan fingerprint density at radius 1 is 1.29 bits per heavy atom. The number of morpholine rings is 1. The lowest BCUT2D eigenvalue weighted by Crippen LogP contribution is -2.47. The summed E-state index contributed by atoms with van der Waals surface area (Å²) in [5.74, 6) is -2.20. The summed E-state index contributed by atoms with van der Waals surface area (Å²) in [5, 5.41) is 11.5. The van der Waals surface area contributed by atoms with Gasteiger partial charge in [0.25, 0.3) is 0 Å². The van der Waals surface area contributed by atoms with E-state index in [0.29, 0.717) is 13.1 Å². The van der Waals surface area contributed by atoms with Crippen LogP contribution >= 0.6 is 0 Å². The van der Waals surface area contributed by atoms with Crippen LogP contribution in [0.25, 0.3) is 0 Å². The van der Waals surface area contributed by atoms with E-state index in [1.54, 1.807) is 4.90 Å². The van der Waals surface area contributed by atoms with Crippen molar-refractivity contribution in [2.24, 2.45) is 0 Å². The fourth-order valence-electron chi connectivity index (χ4n) is 2.75. The summed E-state index contributed by atoms with van der Waals surface area (Å²) in [6, 6.07) is 3.17. The Morgan fingerprint density at radius 2 is 1.95 bits per heavy atom. The molecule has 2 saturated heterocycles. The van der Waals surface area contributed by atoms with Crippen molar-refractivity contribution < 1.29 is 23.8 Å². The number of fused-ring (bicyclic) bond motifs is 2. The maximum atomic E-state index is 13.3. The zero-order chi connectivity index (χ0) is 15.0. The number of hydrogen-bond acceptors (Lipinski definition) is 3. The van der Waals surface area contributed by atoms with E-state index in [1.807, 2.05) is 0 Å².